The minimum Gasteiger partial charge on any atom is -0.494 e. The Bertz CT molecular complexity index is 271. The number of nitrogens with two attached hydrogens (primary N) is 1. The fourth-order valence-corrected chi connectivity index (χ4v) is 1.33. The van der Waals surface area contributed by atoms with Gasteiger partial charge >= 0.3 is 0 Å². The van der Waals surface area contributed by atoms with Crippen molar-refractivity contribution in [1.29, 1.82) is 0 Å². The molecule has 0 radical (unpaired) electrons. The van der Waals surface area contributed by atoms with Gasteiger partial charge in [-0.15, -0.1) is 0 Å². The number of hydrogen-bond donors (Lipinski definition) is 1. The van der Waals surface area contributed by atoms with E-state index in [1.807, 2.05) is 25.1 Å². The van der Waals surface area contributed by atoms with Crippen LogP contribution in [-0.2, 0) is 6.42 Å². The lowest BCUT2D eigenvalue weighted by Crippen LogP contribution is -1.97. The highest BCUT2D eigenvalue weighted by Gasteiger charge is 1.99. The first-order valence-corrected chi connectivity index (χ1v) is 4.79. The van der Waals surface area contributed by atoms with Gasteiger partial charge in [-0.3, -0.25) is 0 Å². The second-order valence-electron chi connectivity index (χ2n) is 3.04. The van der Waals surface area contributed by atoms with E-state index >= 15 is 0 Å². The van der Waals surface area contributed by atoms with Crippen molar-refractivity contribution in [2.45, 2.75) is 26.7 Å². The monoisotopic (exact) mass is 179 g/mol. The Balaban J connectivity index is 2.79. The maximum absolute atomic E-state index is 5.86. The van der Waals surface area contributed by atoms with E-state index in [0.29, 0.717) is 6.61 Å². The molecular formula is C11H17NO. The summed E-state index contributed by atoms with van der Waals surface area (Å²) < 4.78 is 5.34. The molecule has 2 N–H and O–H groups in total. The summed E-state index contributed by atoms with van der Waals surface area (Å²) in [4.78, 5) is 0. The molecule has 13 heavy (non-hydrogen) atoms. The first kappa shape index (κ1) is 9.90. The summed E-state index contributed by atoms with van der Waals surface area (Å²) in [6.45, 7) is 4.80. The molecule has 2 nitrogen and oxygen atoms in total. The Kier molecular flexibility index (Phi) is 3.62. The van der Waals surface area contributed by atoms with E-state index in [-0.39, 0.29) is 0 Å². The summed E-state index contributed by atoms with van der Waals surface area (Å²) in [5.74, 6) is 0.861. The molecule has 1 rings (SSSR count). The molecule has 0 aliphatic rings. The first-order valence-electron chi connectivity index (χ1n) is 4.79. The van der Waals surface area contributed by atoms with Gasteiger partial charge in [0.05, 0.1) is 6.61 Å². The molecule has 0 fully saturated rings. The van der Waals surface area contributed by atoms with E-state index in [1.165, 1.54) is 5.56 Å². The number of hydrogen-bond acceptors (Lipinski definition) is 2. The van der Waals surface area contributed by atoms with Crippen LogP contribution >= 0.6 is 0 Å². The lowest BCUT2D eigenvalue weighted by Gasteiger charge is -2.07. The molecule has 0 aliphatic heterocycles. The van der Waals surface area contributed by atoms with Crippen molar-refractivity contribution >= 4 is 5.69 Å². The van der Waals surface area contributed by atoms with Gasteiger partial charge in [0.25, 0.3) is 0 Å². The average Bonchev–Trinajstić information content (AvgIpc) is 2.10. The Morgan fingerprint density at radius 1 is 1.31 bits per heavy atom. The summed E-state index contributed by atoms with van der Waals surface area (Å²) in [5, 5.41) is 0. The third-order valence-electron chi connectivity index (χ3n) is 1.95. The van der Waals surface area contributed by atoms with Crippen LogP contribution in [0.5, 0.6) is 5.75 Å². The molecule has 1 aromatic rings. The molecule has 72 valence electrons. The highest BCUT2D eigenvalue weighted by molar-refractivity contribution is 5.51. The van der Waals surface area contributed by atoms with Crippen molar-refractivity contribution in [3.63, 3.8) is 0 Å². The molecule has 0 aromatic heterocycles. The van der Waals surface area contributed by atoms with Crippen LogP contribution in [0.2, 0.25) is 0 Å². The van der Waals surface area contributed by atoms with Gasteiger partial charge in [0.1, 0.15) is 5.75 Å². The van der Waals surface area contributed by atoms with Crippen molar-refractivity contribution in [3.05, 3.63) is 23.8 Å². The van der Waals surface area contributed by atoms with Crippen LogP contribution in [0.3, 0.4) is 0 Å². The van der Waals surface area contributed by atoms with Crippen LogP contribution in [0.25, 0.3) is 0 Å². The van der Waals surface area contributed by atoms with Gasteiger partial charge in [0.2, 0.25) is 0 Å². The van der Waals surface area contributed by atoms with Crippen LogP contribution in [0.15, 0.2) is 18.2 Å². The first-order chi connectivity index (χ1) is 6.27. The molecule has 2 heteroatoms. The number of benzene rings is 1. The van der Waals surface area contributed by atoms with Gasteiger partial charge in [0, 0.05) is 11.8 Å². The molecule has 0 heterocycles. The number of nitrogen functional groups attached to an aromatic ring is 1. The maximum atomic E-state index is 5.86. The van der Waals surface area contributed by atoms with Crippen LogP contribution in [0, 0.1) is 0 Å². The fourth-order valence-electron chi connectivity index (χ4n) is 1.33. The Morgan fingerprint density at radius 3 is 2.62 bits per heavy atom. The van der Waals surface area contributed by atoms with Crippen LogP contribution in [0.4, 0.5) is 5.69 Å². The van der Waals surface area contributed by atoms with E-state index in [9.17, 15) is 0 Å². The number of rotatable bonds is 4. The molecule has 0 amide bonds. The topological polar surface area (TPSA) is 35.2 Å². The Hall–Kier alpha value is -1.18. The average molecular weight is 179 g/mol. The highest BCUT2D eigenvalue weighted by Crippen LogP contribution is 2.20. The van der Waals surface area contributed by atoms with Gasteiger partial charge in [-0.1, -0.05) is 19.4 Å². The van der Waals surface area contributed by atoms with Crippen molar-refractivity contribution < 1.29 is 4.74 Å². The maximum Gasteiger partial charge on any atom is 0.121 e. The summed E-state index contributed by atoms with van der Waals surface area (Å²) >= 11 is 0. The van der Waals surface area contributed by atoms with Gasteiger partial charge in [-0.05, 0) is 25.0 Å². The zero-order chi connectivity index (χ0) is 9.68. The number of ether oxygens (including phenoxy) is 1. The van der Waals surface area contributed by atoms with Crippen molar-refractivity contribution in [2.75, 3.05) is 12.3 Å². The SMILES string of the molecule is CCCc1ccc(OCC)cc1N. The molecule has 0 bridgehead atoms. The zero-order valence-corrected chi connectivity index (χ0v) is 8.34. The predicted molar refractivity (Wildman–Crippen MR) is 56.0 cm³/mol. The van der Waals surface area contributed by atoms with Crippen molar-refractivity contribution in [1.82, 2.24) is 0 Å². The zero-order valence-electron chi connectivity index (χ0n) is 8.34. The molecule has 0 unspecified atom stereocenters. The molecular weight excluding hydrogens is 162 g/mol. The summed E-state index contributed by atoms with van der Waals surface area (Å²) in [6, 6.07) is 5.92. The lowest BCUT2D eigenvalue weighted by molar-refractivity contribution is 0.340. The normalized spacial score (nSPS) is 10.0. The van der Waals surface area contributed by atoms with Crippen molar-refractivity contribution in [2.24, 2.45) is 0 Å². The smallest absolute Gasteiger partial charge is 0.121 e. The van der Waals surface area contributed by atoms with E-state index in [1.54, 1.807) is 0 Å². The van der Waals surface area contributed by atoms with E-state index in [4.69, 9.17) is 10.5 Å². The summed E-state index contributed by atoms with van der Waals surface area (Å²) in [6.07, 6.45) is 2.16. The third-order valence-corrected chi connectivity index (χ3v) is 1.95. The second-order valence-corrected chi connectivity index (χ2v) is 3.04. The van der Waals surface area contributed by atoms with E-state index in [2.05, 4.69) is 6.92 Å². The largest absolute Gasteiger partial charge is 0.494 e. The van der Waals surface area contributed by atoms with E-state index in [0.717, 1.165) is 24.3 Å². The Labute approximate surface area is 79.7 Å². The quantitative estimate of drug-likeness (QED) is 0.721. The van der Waals surface area contributed by atoms with Gasteiger partial charge < -0.3 is 10.5 Å². The van der Waals surface area contributed by atoms with Crippen LogP contribution in [-0.4, -0.2) is 6.61 Å². The standard InChI is InChI=1S/C11H17NO/c1-3-5-9-6-7-10(13-4-2)8-11(9)12/h6-8H,3-5,12H2,1-2H3. The van der Waals surface area contributed by atoms with Crippen LogP contribution < -0.4 is 10.5 Å². The molecule has 0 aliphatic carbocycles. The van der Waals surface area contributed by atoms with Gasteiger partial charge in [-0.25, -0.2) is 0 Å². The summed E-state index contributed by atoms with van der Waals surface area (Å²) in [5.41, 5.74) is 7.91. The summed E-state index contributed by atoms with van der Waals surface area (Å²) in [7, 11) is 0. The highest BCUT2D eigenvalue weighted by atomic mass is 16.5. The number of anilines is 1. The number of aryl methyl sites for hydroxylation is 1. The molecule has 0 atom stereocenters. The van der Waals surface area contributed by atoms with Crippen molar-refractivity contribution in [3.8, 4) is 5.75 Å². The Morgan fingerprint density at radius 2 is 2.08 bits per heavy atom. The fraction of sp³-hybridized carbons (Fsp3) is 0.455. The lowest BCUT2D eigenvalue weighted by atomic mass is 10.1. The molecule has 0 spiro atoms. The predicted octanol–water partition coefficient (Wildman–Crippen LogP) is 2.62. The molecule has 1 aromatic carbocycles. The van der Waals surface area contributed by atoms with Crippen LogP contribution in [0.1, 0.15) is 25.8 Å². The minimum absolute atomic E-state index is 0.687. The van der Waals surface area contributed by atoms with E-state index < -0.39 is 0 Å². The molecule has 0 saturated carbocycles. The second kappa shape index (κ2) is 4.75. The molecule has 0 saturated heterocycles. The third kappa shape index (κ3) is 2.65. The van der Waals surface area contributed by atoms with Gasteiger partial charge in [-0.2, -0.15) is 0 Å². The van der Waals surface area contributed by atoms with Gasteiger partial charge in [0.15, 0.2) is 0 Å². The minimum atomic E-state index is 0.687.